The van der Waals surface area contributed by atoms with Gasteiger partial charge in [-0.05, 0) is 104 Å². The van der Waals surface area contributed by atoms with Crippen LogP contribution in [0.3, 0.4) is 0 Å². The van der Waals surface area contributed by atoms with Gasteiger partial charge in [-0.25, -0.2) is 15.0 Å². The summed E-state index contributed by atoms with van der Waals surface area (Å²) in [5.41, 5.74) is 10.2. The monoisotopic (exact) mass is 771 g/mol. The molecule has 0 aliphatic rings. The molecule has 0 amide bonds. The van der Waals surface area contributed by atoms with Gasteiger partial charge in [-0.1, -0.05) is 164 Å². The van der Waals surface area contributed by atoms with E-state index in [9.17, 15) is 0 Å². The Kier molecular flexibility index (Phi) is 8.46. The summed E-state index contributed by atoms with van der Waals surface area (Å²) in [6, 6.07) is 63.1. The Balaban J connectivity index is 1.12. The molecule has 2 aromatic heterocycles. The molecule has 2 heterocycles. The number of allylic oxidation sites excluding steroid dienone is 1. The quantitative estimate of drug-likeness (QED) is 0.158. The van der Waals surface area contributed by atoms with Crippen molar-refractivity contribution in [3.05, 3.63) is 193 Å². The first-order chi connectivity index (χ1) is 29.1. The molecule has 59 heavy (non-hydrogen) atoms. The minimum Gasteiger partial charge on any atom is -0.208 e. The van der Waals surface area contributed by atoms with Crippen LogP contribution >= 0.6 is 11.3 Å². The van der Waals surface area contributed by atoms with Crippen LogP contribution in [0.4, 0.5) is 0 Å². The Hall–Kier alpha value is -7.27. The molecule has 0 N–H and O–H groups in total. The van der Waals surface area contributed by atoms with Gasteiger partial charge in [-0.3, -0.25) is 0 Å². The summed E-state index contributed by atoms with van der Waals surface area (Å²) in [5.74, 6) is 1.95. The van der Waals surface area contributed by atoms with E-state index in [0.29, 0.717) is 17.5 Å². The zero-order valence-corrected chi connectivity index (χ0v) is 33.5. The summed E-state index contributed by atoms with van der Waals surface area (Å²) in [5, 5.41) is 9.68. The minimum atomic E-state index is 0.641. The summed E-state index contributed by atoms with van der Waals surface area (Å²) in [6.45, 7) is 4.25. The Bertz CT molecular complexity index is 3470. The molecule has 4 heteroatoms. The zero-order valence-electron chi connectivity index (χ0n) is 32.6. The lowest BCUT2D eigenvalue weighted by Crippen LogP contribution is -2.01. The van der Waals surface area contributed by atoms with Gasteiger partial charge in [0.25, 0.3) is 0 Å². The molecule has 0 radical (unpaired) electrons. The van der Waals surface area contributed by atoms with Crippen LogP contribution in [0, 0.1) is 6.92 Å². The molecule has 0 atom stereocenters. The van der Waals surface area contributed by atoms with Crippen molar-refractivity contribution in [1.29, 1.82) is 0 Å². The fraction of sp³-hybridized carbons (Fsp3) is 0.0364. The van der Waals surface area contributed by atoms with E-state index < -0.39 is 0 Å². The van der Waals surface area contributed by atoms with E-state index in [4.69, 9.17) is 15.0 Å². The van der Waals surface area contributed by atoms with Crippen molar-refractivity contribution in [2.24, 2.45) is 0 Å². The highest BCUT2D eigenvalue weighted by Gasteiger charge is 2.20. The maximum absolute atomic E-state index is 5.35. The second-order valence-corrected chi connectivity index (χ2v) is 16.1. The number of fused-ring (bicyclic) bond motifs is 7. The fourth-order valence-corrected chi connectivity index (χ4v) is 10.0. The molecule has 0 saturated carbocycles. The van der Waals surface area contributed by atoms with Gasteiger partial charge in [0.05, 0.1) is 0 Å². The average molecular weight is 772 g/mol. The van der Waals surface area contributed by atoms with Crippen molar-refractivity contribution < 1.29 is 0 Å². The van der Waals surface area contributed by atoms with Gasteiger partial charge >= 0.3 is 0 Å². The maximum Gasteiger partial charge on any atom is 0.165 e. The molecule has 0 unspecified atom stereocenters. The molecule has 278 valence electrons. The van der Waals surface area contributed by atoms with Crippen LogP contribution < -0.4 is 0 Å². The van der Waals surface area contributed by atoms with Crippen LogP contribution in [0.1, 0.15) is 18.1 Å². The molecule has 11 rings (SSSR count). The molecule has 0 fully saturated rings. The molecule has 0 bridgehead atoms. The van der Waals surface area contributed by atoms with Crippen LogP contribution in [-0.2, 0) is 0 Å². The van der Waals surface area contributed by atoms with Crippen LogP contribution in [0.25, 0.3) is 115 Å². The lowest BCUT2D eigenvalue weighted by Gasteiger charge is -2.16. The average Bonchev–Trinajstić information content (AvgIpc) is 3.68. The van der Waals surface area contributed by atoms with Gasteiger partial charge in [0.2, 0.25) is 0 Å². The van der Waals surface area contributed by atoms with Gasteiger partial charge in [0, 0.05) is 36.9 Å². The molecule has 0 saturated heterocycles. The van der Waals surface area contributed by atoms with Gasteiger partial charge in [-0.2, -0.15) is 0 Å². The lowest BCUT2D eigenvalue weighted by atomic mass is 9.89. The Labute approximate surface area is 346 Å². The second kappa shape index (κ2) is 14.3. The molecular weight excluding hydrogens is 735 g/mol. The van der Waals surface area contributed by atoms with Crippen LogP contribution in [0.15, 0.2) is 182 Å². The first kappa shape index (κ1) is 34.9. The molecule has 0 aliphatic carbocycles. The van der Waals surface area contributed by atoms with E-state index in [-0.39, 0.29) is 0 Å². The highest BCUT2D eigenvalue weighted by Crippen LogP contribution is 2.43. The summed E-state index contributed by atoms with van der Waals surface area (Å²) < 4.78 is 2.42. The first-order valence-electron chi connectivity index (χ1n) is 20.1. The SMILES string of the molecule is C/C=C\c1cccc(-c2ccc(-c3nc(-c4ccc(-c5cc6ccccc6c6ccccc56)c5ccccc45)nc(-c4cccc5c4sc4ccccc45)n3)cc2)c1C. The third-order valence-corrected chi connectivity index (χ3v) is 12.9. The highest BCUT2D eigenvalue weighted by atomic mass is 32.1. The maximum atomic E-state index is 5.35. The smallest absolute Gasteiger partial charge is 0.165 e. The van der Waals surface area contributed by atoms with E-state index in [1.807, 2.05) is 0 Å². The summed E-state index contributed by atoms with van der Waals surface area (Å²) in [6.07, 6.45) is 4.26. The summed E-state index contributed by atoms with van der Waals surface area (Å²) in [7, 11) is 0. The Morgan fingerprint density at radius 1 is 0.407 bits per heavy atom. The van der Waals surface area contributed by atoms with Gasteiger partial charge < -0.3 is 0 Å². The molecule has 9 aromatic carbocycles. The second-order valence-electron chi connectivity index (χ2n) is 15.1. The van der Waals surface area contributed by atoms with E-state index in [0.717, 1.165) is 33.0 Å². The molecule has 11 aromatic rings. The number of nitrogens with zero attached hydrogens (tertiary/aromatic N) is 3. The van der Waals surface area contributed by atoms with Crippen molar-refractivity contribution in [2.75, 3.05) is 0 Å². The zero-order chi connectivity index (χ0) is 39.5. The largest absolute Gasteiger partial charge is 0.208 e. The first-order valence-corrected chi connectivity index (χ1v) is 20.9. The van der Waals surface area contributed by atoms with Crippen molar-refractivity contribution >= 4 is 69.9 Å². The molecule has 3 nitrogen and oxygen atoms in total. The predicted octanol–water partition coefficient (Wildman–Crippen LogP) is 15.4. The van der Waals surface area contributed by atoms with Gasteiger partial charge in [-0.15, -0.1) is 11.3 Å². The summed E-state index contributed by atoms with van der Waals surface area (Å²) >= 11 is 1.79. The Morgan fingerprint density at radius 2 is 0.966 bits per heavy atom. The van der Waals surface area contributed by atoms with Gasteiger partial charge in [0.1, 0.15) is 0 Å². The number of rotatable bonds is 6. The summed E-state index contributed by atoms with van der Waals surface area (Å²) in [4.78, 5) is 15.9. The van der Waals surface area contributed by atoms with Gasteiger partial charge in [0.15, 0.2) is 17.5 Å². The van der Waals surface area contributed by atoms with Crippen molar-refractivity contribution in [3.8, 4) is 56.4 Å². The molecule has 0 aliphatic heterocycles. The van der Waals surface area contributed by atoms with Crippen LogP contribution in [0.2, 0.25) is 0 Å². The number of benzene rings is 9. The van der Waals surface area contributed by atoms with E-state index in [1.54, 1.807) is 11.3 Å². The standard InChI is InChI=1S/C55H37N3S/c1-3-14-35-16-12-23-39(34(35)2)36-27-29-37(30-28-36)53-56-54(58-55(57-53)49-25-13-24-47-46-22-10-11-26-51(46)59-52(47)49)48-32-31-45(42-19-7-8-20-43(42)48)50-33-38-15-4-5-17-40(38)41-18-6-9-21-44(41)50/h3-33H,1-2H3/b14-3-. The van der Waals surface area contributed by atoms with E-state index in [1.165, 1.54) is 69.5 Å². The minimum absolute atomic E-state index is 0.641. The van der Waals surface area contributed by atoms with Crippen molar-refractivity contribution in [2.45, 2.75) is 13.8 Å². The highest BCUT2D eigenvalue weighted by molar-refractivity contribution is 7.26. The van der Waals surface area contributed by atoms with E-state index in [2.05, 4.69) is 202 Å². The van der Waals surface area contributed by atoms with E-state index >= 15 is 0 Å². The normalized spacial score (nSPS) is 11.8. The van der Waals surface area contributed by atoms with Crippen LogP contribution in [-0.4, -0.2) is 15.0 Å². The Morgan fingerprint density at radius 3 is 1.75 bits per heavy atom. The van der Waals surface area contributed by atoms with Crippen LogP contribution in [0.5, 0.6) is 0 Å². The lowest BCUT2D eigenvalue weighted by molar-refractivity contribution is 1.08. The third-order valence-electron chi connectivity index (χ3n) is 11.7. The van der Waals surface area contributed by atoms with Crippen molar-refractivity contribution in [1.82, 2.24) is 15.0 Å². The fourth-order valence-electron chi connectivity index (χ4n) is 8.80. The predicted molar refractivity (Wildman–Crippen MR) is 252 cm³/mol. The number of aromatic nitrogens is 3. The number of hydrogen-bond donors (Lipinski definition) is 0. The van der Waals surface area contributed by atoms with Crippen molar-refractivity contribution in [3.63, 3.8) is 0 Å². The molecule has 0 spiro atoms. The topological polar surface area (TPSA) is 38.7 Å². The third kappa shape index (κ3) is 5.91. The molecular formula is C55H37N3S. The number of hydrogen-bond acceptors (Lipinski definition) is 4. The number of thiophene rings is 1.